The molecule has 1 N–H and O–H groups in total. The Morgan fingerprint density at radius 2 is 1.94 bits per heavy atom. The molecule has 1 aliphatic carbocycles. The molecule has 1 aromatic heterocycles. The van der Waals surface area contributed by atoms with Crippen LogP contribution in [0.3, 0.4) is 0 Å². The normalized spacial score (nSPS) is 27.7. The first-order chi connectivity index (χ1) is 7.99. The van der Waals surface area contributed by atoms with Gasteiger partial charge in [-0.15, -0.1) is 0 Å². The highest BCUT2D eigenvalue weighted by Gasteiger charge is 2.45. The molecule has 1 aromatic carbocycles. The Morgan fingerprint density at radius 3 is 2.59 bits per heavy atom. The van der Waals surface area contributed by atoms with Gasteiger partial charge in [0.15, 0.2) is 0 Å². The summed E-state index contributed by atoms with van der Waals surface area (Å²) in [6.07, 6.45) is 2.61. The summed E-state index contributed by atoms with van der Waals surface area (Å²) in [5.41, 5.74) is 0.289. The predicted octanol–water partition coefficient (Wildman–Crippen LogP) is 3.83. The summed E-state index contributed by atoms with van der Waals surface area (Å²) >= 11 is 0. The Kier molecular flexibility index (Phi) is 2.14. The Bertz CT molecular complexity index is 520. The number of furan rings is 1. The molecule has 1 aliphatic rings. The zero-order chi connectivity index (χ0) is 12.1. The number of rotatable bonds is 1. The van der Waals surface area contributed by atoms with Crippen LogP contribution in [-0.2, 0) is 5.60 Å². The van der Waals surface area contributed by atoms with Crippen molar-refractivity contribution in [1.29, 1.82) is 0 Å². The van der Waals surface area contributed by atoms with Gasteiger partial charge in [-0.25, -0.2) is 0 Å². The van der Waals surface area contributed by atoms with Crippen molar-refractivity contribution in [3.63, 3.8) is 0 Å². The summed E-state index contributed by atoms with van der Waals surface area (Å²) in [5.74, 6) is 0.726. The molecule has 0 radical (unpaired) electrons. The molecule has 17 heavy (non-hydrogen) atoms. The lowest BCUT2D eigenvalue weighted by Crippen LogP contribution is -2.22. The lowest BCUT2D eigenvalue weighted by molar-refractivity contribution is 0.0138. The monoisotopic (exact) mass is 230 g/mol. The van der Waals surface area contributed by atoms with Crippen molar-refractivity contribution in [2.75, 3.05) is 0 Å². The van der Waals surface area contributed by atoms with Crippen LogP contribution in [-0.4, -0.2) is 5.11 Å². The summed E-state index contributed by atoms with van der Waals surface area (Å²) in [6.45, 7) is 4.40. The summed E-state index contributed by atoms with van der Waals surface area (Å²) < 4.78 is 5.80. The van der Waals surface area contributed by atoms with E-state index in [1.807, 2.05) is 30.3 Å². The third kappa shape index (κ3) is 1.77. The van der Waals surface area contributed by atoms with E-state index in [9.17, 15) is 5.11 Å². The number of para-hydroxylation sites is 1. The van der Waals surface area contributed by atoms with Crippen molar-refractivity contribution < 1.29 is 9.52 Å². The molecular formula is C15H18O2. The van der Waals surface area contributed by atoms with Gasteiger partial charge in [0.05, 0.1) is 0 Å². The average Bonchev–Trinajstić information content (AvgIpc) is 2.80. The minimum atomic E-state index is -0.775. The minimum Gasteiger partial charge on any atom is -0.458 e. The van der Waals surface area contributed by atoms with E-state index in [0.717, 1.165) is 36.0 Å². The molecule has 2 nitrogen and oxygen atoms in total. The van der Waals surface area contributed by atoms with Gasteiger partial charge in [-0.2, -0.15) is 0 Å². The van der Waals surface area contributed by atoms with Gasteiger partial charge in [-0.1, -0.05) is 32.0 Å². The van der Waals surface area contributed by atoms with E-state index in [0.29, 0.717) is 0 Å². The Labute approximate surface area is 101 Å². The predicted molar refractivity (Wildman–Crippen MR) is 67.7 cm³/mol. The van der Waals surface area contributed by atoms with E-state index in [2.05, 4.69) is 13.8 Å². The molecule has 0 amide bonds. The van der Waals surface area contributed by atoms with Gasteiger partial charge in [-0.3, -0.25) is 0 Å². The summed E-state index contributed by atoms with van der Waals surface area (Å²) in [4.78, 5) is 0. The standard InChI is InChI=1S/C15H18O2/c1-14(2)7-8-15(16,10-14)13-9-11-5-3-4-6-12(11)17-13/h3-6,9,16H,7-8,10H2,1-2H3. The molecule has 2 heteroatoms. The molecule has 1 saturated carbocycles. The van der Waals surface area contributed by atoms with Crippen molar-refractivity contribution in [2.24, 2.45) is 5.41 Å². The van der Waals surface area contributed by atoms with Gasteiger partial charge in [0.25, 0.3) is 0 Å². The second-order valence-corrected chi connectivity index (χ2v) is 6.02. The van der Waals surface area contributed by atoms with E-state index < -0.39 is 5.60 Å². The zero-order valence-electron chi connectivity index (χ0n) is 10.4. The molecule has 1 unspecified atom stereocenters. The highest BCUT2D eigenvalue weighted by atomic mass is 16.4. The molecule has 0 bridgehead atoms. The summed E-state index contributed by atoms with van der Waals surface area (Å²) in [6, 6.07) is 9.90. The first-order valence-corrected chi connectivity index (χ1v) is 6.20. The maximum Gasteiger partial charge on any atom is 0.136 e. The lowest BCUT2D eigenvalue weighted by atomic mass is 9.88. The zero-order valence-corrected chi connectivity index (χ0v) is 10.4. The van der Waals surface area contributed by atoms with E-state index >= 15 is 0 Å². The molecule has 0 saturated heterocycles. The second-order valence-electron chi connectivity index (χ2n) is 6.02. The van der Waals surface area contributed by atoms with E-state index in [-0.39, 0.29) is 5.41 Å². The lowest BCUT2D eigenvalue weighted by Gasteiger charge is -2.22. The number of hydrogen-bond donors (Lipinski definition) is 1. The first kappa shape index (κ1) is 10.8. The fraction of sp³-hybridized carbons (Fsp3) is 0.467. The van der Waals surface area contributed by atoms with Crippen LogP contribution in [0.1, 0.15) is 38.9 Å². The molecule has 2 aromatic rings. The topological polar surface area (TPSA) is 33.4 Å². The highest BCUT2D eigenvalue weighted by Crippen LogP contribution is 2.49. The maximum absolute atomic E-state index is 10.7. The first-order valence-electron chi connectivity index (χ1n) is 6.20. The SMILES string of the molecule is CC1(C)CCC(O)(c2cc3ccccc3o2)C1. The number of benzene rings is 1. The fourth-order valence-corrected chi connectivity index (χ4v) is 2.94. The smallest absolute Gasteiger partial charge is 0.136 e. The van der Waals surface area contributed by atoms with E-state index in [4.69, 9.17) is 4.42 Å². The fourth-order valence-electron chi connectivity index (χ4n) is 2.94. The summed E-state index contributed by atoms with van der Waals surface area (Å²) in [5, 5.41) is 11.8. The third-order valence-electron chi connectivity index (χ3n) is 3.87. The quantitative estimate of drug-likeness (QED) is 0.807. The summed E-state index contributed by atoms with van der Waals surface area (Å²) in [7, 11) is 0. The van der Waals surface area contributed by atoms with Crippen LogP contribution in [0.25, 0.3) is 11.0 Å². The van der Waals surface area contributed by atoms with E-state index in [1.54, 1.807) is 0 Å². The van der Waals surface area contributed by atoms with Crippen LogP contribution in [0, 0.1) is 5.41 Å². The van der Waals surface area contributed by atoms with Crippen molar-refractivity contribution in [3.05, 3.63) is 36.1 Å². The van der Waals surface area contributed by atoms with Gasteiger partial charge in [0, 0.05) is 5.39 Å². The van der Waals surface area contributed by atoms with Crippen LogP contribution in [0.5, 0.6) is 0 Å². The number of hydrogen-bond acceptors (Lipinski definition) is 2. The number of aliphatic hydroxyl groups is 1. The van der Waals surface area contributed by atoms with Crippen molar-refractivity contribution >= 4 is 11.0 Å². The average molecular weight is 230 g/mol. The van der Waals surface area contributed by atoms with Crippen LogP contribution < -0.4 is 0 Å². The molecule has 1 heterocycles. The third-order valence-corrected chi connectivity index (χ3v) is 3.87. The van der Waals surface area contributed by atoms with Crippen LogP contribution in [0.4, 0.5) is 0 Å². The Hall–Kier alpha value is -1.28. The van der Waals surface area contributed by atoms with Gasteiger partial charge < -0.3 is 9.52 Å². The molecule has 3 rings (SSSR count). The van der Waals surface area contributed by atoms with Crippen molar-refractivity contribution in [3.8, 4) is 0 Å². The van der Waals surface area contributed by atoms with Gasteiger partial charge in [0.1, 0.15) is 16.9 Å². The Balaban J connectivity index is 2.04. The molecule has 90 valence electrons. The number of fused-ring (bicyclic) bond motifs is 1. The van der Waals surface area contributed by atoms with E-state index in [1.165, 1.54) is 0 Å². The van der Waals surface area contributed by atoms with Crippen molar-refractivity contribution in [1.82, 2.24) is 0 Å². The molecular weight excluding hydrogens is 212 g/mol. The van der Waals surface area contributed by atoms with Crippen molar-refractivity contribution in [2.45, 2.75) is 38.7 Å². The minimum absolute atomic E-state index is 0.202. The maximum atomic E-state index is 10.7. The molecule has 0 spiro atoms. The molecule has 1 fully saturated rings. The molecule has 1 atom stereocenters. The highest BCUT2D eigenvalue weighted by molar-refractivity contribution is 5.77. The largest absolute Gasteiger partial charge is 0.458 e. The molecule has 0 aliphatic heterocycles. The van der Waals surface area contributed by atoms with Crippen LogP contribution in [0.2, 0.25) is 0 Å². The van der Waals surface area contributed by atoms with Gasteiger partial charge >= 0.3 is 0 Å². The Morgan fingerprint density at radius 1 is 1.18 bits per heavy atom. The van der Waals surface area contributed by atoms with Crippen LogP contribution in [0.15, 0.2) is 34.7 Å². The van der Waals surface area contributed by atoms with Gasteiger partial charge in [-0.05, 0) is 36.8 Å². The second kappa shape index (κ2) is 3.36. The van der Waals surface area contributed by atoms with Gasteiger partial charge in [0.2, 0.25) is 0 Å². The van der Waals surface area contributed by atoms with Crippen LogP contribution >= 0.6 is 0 Å².